The highest BCUT2D eigenvalue weighted by Crippen LogP contribution is 2.28. The highest BCUT2D eigenvalue weighted by Gasteiger charge is 2.21. The second-order valence-electron chi connectivity index (χ2n) is 5.35. The van der Waals surface area contributed by atoms with Gasteiger partial charge >= 0.3 is 5.97 Å². The van der Waals surface area contributed by atoms with E-state index in [1.165, 1.54) is 4.90 Å². The Morgan fingerprint density at radius 1 is 1.24 bits per heavy atom. The zero-order valence-corrected chi connectivity index (χ0v) is 14.2. The van der Waals surface area contributed by atoms with E-state index in [0.29, 0.717) is 35.8 Å². The molecule has 0 unspecified atom stereocenters. The lowest BCUT2D eigenvalue weighted by molar-refractivity contribution is -0.137. The van der Waals surface area contributed by atoms with Gasteiger partial charge in [-0.25, -0.2) is 4.98 Å². The van der Waals surface area contributed by atoms with Crippen LogP contribution in [0.25, 0.3) is 0 Å². The van der Waals surface area contributed by atoms with E-state index in [1.807, 2.05) is 25.1 Å². The van der Waals surface area contributed by atoms with Gasteiger partial charge < -0.3 is 20.1 Å². The zero-order valence-electron chi connectivity index (χ0n) is 14.2. The Kier molecular flexibility index (Phi) is 6.33. The molecule has 0 fully saturated rings. The van der Waals surface area contributed by atoms with E-state index >= 15 is 0 Å². The van der Waals surface area contributed by atoms with Crippen LogP contribution in [0.4, 0.5) is 11.5 Å². The highest BCUT2D eigenvalue weighted by atomic mass is 16.5. The monoisotopic (exact) mass is 343 g/mol. The molecule has 7 nitrogen and oxygen atoms in total. The van der Waals surface area contributed by atoms with Crippen molar-refractivity contribution in [3.63, 3.8) is 0 Å². The number of methoxy groups -OCH3 is 1. The molecule has 0 bridgehead atoms. The van der Waals surface area contributed by atoms with Crippen molar-refractivity contribution in [1.29, 1.82) is 0 Å². The van der Waals surface area contributed by atoms with E-state index in [9.17, 15) is 9.59 Å². The summed E-state index contributed by atoms with van der Waals surface area (Å²) in [6.45, 7) is 1.89. The van der Waals surface area contributed by atoms with Crippen molar-refractivity contribution >= 4 is 23.4 Å². The van der Waals surface area contributed by atoms with E-state index in [2.05, 4.69) is 10.3 Å². The molecule has 25 heavy (non-hydrogen) atoms. The van der Waals surface area contributed by atoms with E-state index in [0.717, 1.165) is 0 Å². The van der Waals surface area contributed by atoms with Gasteiger partial charge in [-0.05, 0) is 30.7 Å². The third-order valence-electron chi connectivity index (χ3n) is 3.51. The molecule has 7 heteroatoms. The van der Waals surface area contributed by atoms with Crippen LogP contribution >= 0.6 is 0 Å². The molecule has 0 saturated heterocycles. The fourth-order valence-corrected chi connectivity index (χ4v) is 2.41. The number of carboxylic acids is 1. The van der Waals surface area contributed by atoms with Crippen LogP contribution in [0.15, 0.2) is 42.6 Å². The molecule has 1 aromatic carbocycles. The average Bonchev–Trinajstić information content (AvgIpc) is 2.61. The molecule has 1 aromatic heterocycles. The van der Waals surface area contributed by atoms with Crippen LogP contribution in [0, 0.1) is 0 Å². The third-order valence-corrected chi connectivity index (χ3v) is 3.51. The second-order valence-corrected chi connectivity index (χ2v) is 5.35. The molecule has 2 aromatic rings. The summed E-state index contributed by atoms with van der Waals surface area (Å²) in [4.78, 5) is 29.4. The largest absolute Gasteiger partial charge is 0.495 e. The van der Waals surface area contributed by atoms with Crippen LogP contribution in [0.3, 0.4) is 0 Å². The summed E-state index contributed by atoms with van der Waals surface area (Å²) in [6, 6.07) is 10.5. The van der Waals surface area contributed by atoms with E-state index < -0.39 is 5.97 Å². The third kappa shape index (κ3) is 4.69. The van der Waals surface area contributed by atoms with Crippen molar-refractivity contribution < 1.29 is 19.4 Å². The summed E-state index contributed by atoms with van der Waals surface area (Å²) in [5.74, 6) is -0.467. The Bertz CT molecular complexity index is 749. The van der Waals surface area contributed by atoms with Gasteiger partial charge in [-0.15, -0.1) is 0 Å². The maximum absolute atomic E-state index is 12.8. The molecule has 0 spiro atoms. The van der Waals surface area contributed by atoms with Gasteiger partial charge in [0.2, 0.25) is 0 Å². The van der Waals surface area contributed by atoms with Crippen LogP contribution < -0.4 is 10.1 Å². The summed E-state index contributed by atoms with van der Waals surface area (Å²) in [7, 11) is 1.56. The number of carboxylic acid groups (broad SMARTS) is 1. The first-order chi connectivity index (χ1) is 12.1. The maximum atomic E-state index is 12.8. The lowest BCUT2D eigenvalue weighted by Gasteiger charge is -2.21. The maximum Gasteiger partial charge on any atom is 0.323 e. The fourth-order valence-electron chi connectivity index (χ4n) is 2.41. The van der Waals surface area contributed by atoms with Crippen molar-refractivity contribution in [3.8, 4) is 5.75 Å². The molecule has 1 amide bonds. The Balaban J connectivity index is 2.33. The van der Waals surface area contributed by atoms with Crippen molar-refractivity contribution in [2.75, 3.05) is 25.5 Å². The van der Waals surface area contributed by atoms with Crippen LogP contribution in [0.5, 0.6) is 5.75 Å². The molecule has 2 rings (SSSR count). The number of hydrogen-bond donors (Lipinski definition) is 2. The van der Waals surface area contributed by atoms with Gasteiger partial charge in [0, 0.05) is 12.7 Å². The number of aliphatic carboxylic acids is 1. The van der Waals surface area contributed by atoms with Crippen LogP contribution in [0.1, 0.15) is 23.7 Å². The molecule has 2 N–H and O–H groups in total. The van der Waals surface area contributed by atoms with Gasteiger partial charge in [-0.1, -0.05) is 19.1 Å². The smallest absolute Gasteiger partial charge is 0.323 e. The van der Waals surface area contributed by atoms with Gasteiger partial charge in [0.05, 0.1) is 18.4 Å². The average molecular weight is 343 g/mol. The highest BCUT2D eigenvalue weighted by molar-refractivity contribution is 6.00. The van der Waals surface area contributed by atoms with Gasteiger partial charge in [0.15, 0.2) is 0 Å². The number of ether oxygens (including phenoxy) is 1. The number of anilines is 2. The SMILES string of the molecule is CCCN(CC(=O)O)C(=O)c1cccnc1Nc1ccccc1OC. The first-order valence-electron chi connectivity index (χ1n) is 7.93. The van der Waals surface area contributed by atoms with Gasteiger partial charge in [0.1, 0.15) is 18.1 Å². The van der Waals surface area contributed by atoms with E-state index in [1.54, 1.807) is 31.5 Å². The number of pyridine rings is 1. The Hall–Kier alpha value is -3.09. The fraction of sp³-hybridized carbons (Fsp3) is 0.278. The van der Waals surface area contributed by atoms with E-state index in [-0.39, 0.29) is 12.5 Å². The van der Waals surface area contributed by atoms with Gasteiger partial charge in [-0.2, -0.15) is 0 Å². The molecule has 1 heterocycles. The minimum absolute atomic E-state index is 0.308. The number of rotatable bonds is 8. The first kappa shape index (κ1) is 18.3. The van der Waals surface area contributed by atoms with Crippen LogP contribution in [-0.4, -0.2) is 47.1 Å². The molecule has 0 saturated carbocycles. The minimum atomic E-state index is -1.05. The normalized spacial score (nSPS) is 10.2. The van der Waals surface area contributed by atoms with Crippen LogP contribution in [-0.2, 0) is 4.79 Å². The number of benzene rings is 1. The number of hydrogen-bond acceptors (Lipinski definition) is 5. The first-order valence-corrected chi connectivity index (χ1v) is 7.93. The molecule has 0 radical (unpaired) electrons. The van der Waals surface area contributed by atoms with E-state index in [4.69, 9.17) is 9.84 Å². The number of amides is 1. The van der Waals surface area contributed by atoms with Crippen molar-refractivity contribution in [3.05, 3.63) is 48.2 Å². The molecule has 0 aliphatic rings. The predicted octanol–water partition coefficient (Wildman–Crippen LogP) is 2.77. The second kappa shape index (κ2) is 8.68. The predicted molar refractivity (Wildman–Crippen MR) is 94.3 cm³/mol. The minimum Gasteiger partial charge on any atom is -0.495 e. The van der Waals surface area contributed by atoms with Crippen molar-refractivity contribution in [2.24, 2.45) is 0 Å². The van der Waals surface area contributed by atoms with Crippen molar-refractivity contribution in [1.82, 2.24) is 9.88 Å². The number of carbonyl (C=O) groups excluding carboxylic acids is 1. The molecular formula is C18H21N3O4. The van der Waals surface area contributed by atoms with Crippen molar-refractivity contribution in [2.45, 2.75) is 13.3 Å². The molecule has 0 aliphatic carbocycles. The molecule has 0 aliphatic heterocycles. The van der Waals surface area contributed by atoms with Gasteiger partial charge in [0.25, 0.3) is 5.91 Å². The Morgan fingerprint density at radius 3 is 2.68 bits per heavy atom. The number of carbonyl (C=O) groups is 2. The summed E-state index contributed by atoms with van der Waals surface area (Å²) < 4.78 is 5.29. The number of aromatic nitrogens is 1. The summed E-state index contributed by atoms with van der Waals surface area (Å²) in [5.41, 5.74) is 0.973. The number of nitrogens with one attached hydrogen (secondary N) is 1. The Morgan fingerprint density at radius 2 is 2.00 bits per heavy atom. The van der Waals surface area contributed by atoms with Crippen LogP contribution in [0.2, 0.25) is 0 Å². The Labute approximate surface area is 146 Å². The zero-order chi connectivity index (χ0) is 18.2. The quantitative estimate of drug-likeness (QED) is 0.766. The molecular weight excluding hydrogens is 322 g/mol. The summed E-state index contributed by atoms with van der Waals surface area (Å²) in [5, 5.41) is 12.1. The molecule has 132 valence electrons. The lowest BCUT2D eigenvalue weighted by Crippen LogP contribution is -2.36. The summed E-state index contributed by atoms with van der Waals surface area (Å²) >= 11 is 0. The van der Waals surface area contributed by atoms with Gasteiger partial charge in [-0.3, -0.25) is 9.59 Å². The number of nitrogens with zero attached hydrogens (tertiary/aromatic N) is 2. The lowest BCUT2D eigenvalue weighted by atomic mass is 10.2. The molecule has 0 atom stereocenters. The topological polar surface area (TPSA) is 91.8 Å². The number of para-hydroxylation sites is 2. The standard InChI is InChI=1S/C18H21N3O4/c1-3-11-21(12-16(22)23)18(24)13-7-6-10-19-17(13)20-14-8-4-5-9-15(14)25-2/h4-10H,3,11-12H2,1-2H3,(H,19,20)(H,22,23). The summed E-state index contributed by atoms with van der Waals surface area (Å²) in [6.07, 6.45) is 2.23.